The van der Waals surface area contributed by atoms with Gasteiger partial charge in [0.05, 0.1) is 6.42 Å². The van der Waals surface area contributed by atoms with Crippen LogP contribution >= 0.6 is 15.9 Å². The van der Waals surface area contributed by atoms with Crippen LogP contribution in [0.2, 0.25) is 0 Å². The molecule has 0 radical (unpaired) electrons. The first kappa shape index (κ1) is 12.0. The van der Waals surface area contributed by atoms with Gasteiger partial charge in [0.25, 0.3) is 5.91 Å². The predicted octanol–water partition coefficient (Wildman–Crippen LogP) is 1.39. The average molecular weight is 299 g/mol. The lowest BCUT2D eigenvalue weighted by Crippen LogP contribution is -2.50. The van der Waals surface area contributed by atoms with Crippen LogP contribution in [0.5, 0.6) is 0 Å². The van der Waals surface area contributed by atoms with Crippen molar-refractivity contribution in [3.05, 3.63) is 28.5 Å². The first-order valence-corrected chi connectivity index (χ1v) is 5.99. The maximum absolute atomic E-state index is 11.9. The number of halogens is 1. The highest BCUT2D eigenvalue weighted by Gasteiger charge is 2.32. The van der Waals surface area contributed by atoms with Crippen LogP contribution in [0.15, 0.2) is 22.8 Å². The molecule has 5 nitrogen and oxygen atoms in total. The predicted molar refractivity (Wildman–Crippen MR) is 63.6 cm³/mol. The van der Waals surface area contributed by atoms with E-state index >= 15 is 0 Å². The second-order valence-corrected chi connectivity index (χ2v) is 4.83. The molecule has 1 fully saturated rings. The zero-order valence-electron chi connectivity index (χ0n) is 8.97. The highest BCUT2D eigenvalue weighted by molar-refractivity contribution is 9.10. The molecule has 1 aliphatic heterocycles. The summed E-state index contributed by atoms with van der Waals surface area (Å²) < 4.78 is 0.617. The Bertz CT molecular complexity index is 458. The first-order chi connectivity index (χ1) is 8.06. The van der Waals surface area contributed by atoms with Crippen LogP contribution in [0.3, 0.4) is 0 Å². The van der Waals surface area contributed by atoms with Crippen molar-refractivity contribution in [1.29, 1.82) is 0 Å². The largest absolute Gasteiger partial charge is 0.481 e. The van der Waals surface area contributed by atoms with Crippen LogP contribution < -0.4 is 0 Å². The number of carbonyl (C=O) groups is 2. The molecule has 2 rings (SSSR count). The minimum absolute atomic E-state index is 0.0728. The molecule has 1 aromatic rings. The van der Waals surface area contributed by atoms with Crippen molar-refractivity contribution >= 4 is 27.8 Å². The molecule has 17 heavy (non-hydrogen) atoms. The Morgan fingerprint density at radius 2 is 2.18 bits per heavy atom. The molecule has 1 aliphatic rings. The van der Waals surface area contributed by atoms with Gasteiger partial charge < -0.3 is 10.0 Å². The summed E-state index contributed by atoms with van der Waals surface area (Å²) >= 11 is 3.20. The number of nitrogens with zero attached hydrogens (tertiary/aromatic N) is 2. The minimum Gasteiger partial charge on any atom is -0.481 e. The second-order valence-electron chi connectivity index (χ2n) is 4.02. The molecule has 6 heteroatoms. The third-order valence-electron chi connectivity index (χ3n) is 2.64. The van der Waals surface area contributed by atoms with Crippen molar-refractivity contribution in [3.8, 4) is 0 Å². The van der Waals surface area contributed by atoms with E-state index in [0.29, 0.717) is 23.4 Å². The van der Waals surface area contributed by atoms with E-state index < -0.39 is 5.97 Å². The molecule has 0 aromatic carbocycles. The molecule has 0 aliphatic carbocycles. The molecule has 1 saturated heterocycles. The molecule has 0 atom stereocenters. The molecule has 0 saturated carbocycles. The van der Waals surface area contributed by atoms with Gasteiger partial charge >= 0.3 is 5.97 Å². The fraction of sp³-hybridized carbons (Fsp3) is 0.364. The van der Waals surface area contributed by atoms with Crippen LogP contribution in [0.1, 0.15) is 16.9 Å². The van der Waals surface area contributed by atoms with Crippen molar-refractivity contribution in [3.63, 3.8) is 0 Å². The third kappa shape index (κ3) is 2.82. The van der Waals surface area contributed by atoms with E-state index in [9.17, 15) is 9.59 Å². The van der Waals surface area contributed by atoms with Crippen molar-refractivity contribution < 1.29 is 14.7 Å². The number of hydrogen-bond donors (Lipinski definition) is 1. The number of aliphatic carboxylic acids is 1. The maximum Gasteiger partial charge on any atom is 0.303 e. The summed E-state index contributed by atoms with van der Waals surface area (Å²) in [5.41, 5.74) is 0.383. The van der Waals surface area contributed by atoms with Gasteiger partial charge in [-0.3, -0.25) is 9.59 Å². The zero-order valence-corrected chi connectivity index (χ0v) is 10.6. The summed E-state index contributed by atoms with van der Waals surface area (Å²) in [5, 5.41) is 8.61. The summed E-state index contributed by atoms with van der Waals surface area (Å²) in [5.74, 6) is -0.890. The van der Waals surface area contributed by atoms with Gasteiger partial charge in [0.1, 0.15) is 10.3 Å². The fourth-order valence-corrected chi connectivity index (χ4v) is 2.14. The lowest BCUT2D eigenvalue weighted by molar-refractivity contribution is -0.139. The normalized spacial score (nSPS) is 15.5. The number of rotatable bonds is 3. The van der Waals surface area contributed by atoms with E-state index in [1.54, 1.807) is 23.1 Å². The Balaban J connectivity index is 1.93. The average Bonchev–Trinajstić information content (AvgIpc) is 2.21. The SMILES string of the molecule is O=C(O)CC1CN(C(=O)c2cccc(Br)n2)C1. The molecule has 0 bridgehead atoms. The van der Waals surface area contributed by atoms with Gasteiger partial charge in [0, 0.05) is 19.0 Å². The Morgan fingerprint density at radius 3 is 2.76 bits per heavy atom. The quantitative estimate of drug-likeness (QED) is 0.856. The lowest BCUT2D eigenvalue weighted by atomic mass is 9.96. The van der Waals surface area contributed by atoms with E-state index in [1.165, 1.54) is 0 Å². The number of pyridine rings is 1. The lowest BCUT2D eigenvalue weighted by Gasteiger charge is -2.38. The fourth-order valence-electron chi connectivity index (χ4n) is 1.80. The van der Waals surface area contributed by atoms with Gasteiger partial charge in [0.15, 0.2) is 0 Å². The Hall–Kier alpha value is -1.43. The summed E-state index contributed by atoms with van der Waals surface area (Å²) in [6.07, 6.45) is 0.121. The molecule has 1 N–H and O–H groups in total. The van der Waals surface area contributed by atoms with Gasteiger partial charge in [-0.25, -0.2) is 4.98 Å². The number of likely N-dealkylation sites (tertiary alicyclic amines) is 1. The molecule has 0 unspecified atom stereocenters. The highest BCUT2D eigenvalue weighted by atomic mass is 79.9. The van der Waals surface area contributed by atoms with Crippen molar-refractivity contribution in [2.24, 2.45) is 5.92 Å². The zero-order chi connectivity index (χ0) is 12.4. The van der Waals surface area contributed by atoms with Crippen LogP contribution in [0.4, 0.5) is 0 Å². The van der Waals surface area contributed by atoms with Gasteiger partial charge in [-0.1, -0.05) is 6.07 Å². The number of carbonyl (C=O) groups excluding carboxylic acids is 1. The van der Waals surface area contributed by atoms with Crippen LogP contribution in [0.25, 0.3) is 0 Å². The number of aromatic nitrogens is 1. The Morgan fingerprint density at radius 1 is 1.47 bits per heavy atom. The summed E-state index contributed by atoms with van der Waals surface area (Å²) in [4.78, 5) is 28.1. The molecule has 1 aromatic heterocycles. The number of hydrogen-bond acceptors (Lipinski definition) is 3. The van der Waals surface area contributed by atoms with E-state index in [2.05, 4.69) is 20.9 Å². The summed E-state index contributed by atoms with van der Waals surface area (Å²) in [6.45, 7) is 0.999. The van der Waals surface area contributed by atoms with E-state index in [1.807, 2.05) is 0 Å². The monoisotopic (exact) mass is 298 g/mol. The molecular formula is C11H11BrN2O3. The van der Waals surface area contributed by atoms with E-state index in [0.717, 1.165) is 0 Å². The molecule has 90 valence electrons. The highest BCUT2D eigenvalue weighted by Crippen LogP contribution is 2.21. The van der Waals surface area contributed by atoms with Crippen LogP contribution in [-0.4, -0.2) is 40.0 Å². The molecule has 0 spiro atoms. The van der Waals surface area contributed by atoms with E-state index in [-0.39, 0.29) is 18.2 Å². The van der Waals surface area contributed by atoms with Crippen molar-refractivity contribution in [1.82, 2.24) is 9.88 Å². The van der Waals surface area contributed by atoms with Gasteiger partial charge in [-0.2, -0.15) is 0 Å². The second kappa shape index (κ2) is 4.83. The maximum atomic E-state index is 11.9. The van der Waals surface area contributed by atoms with Gasteiger partial charge in [-0.15, -0.1) is 0 Å². The van der Waals surface area contributed by atoms with E-state index in [4.69, 9.17) is 5.11 Å². The van der Waals surface area contributed by atoms with Gasteiger partial charge in [0.2, 0.25) is 0 Å². The summed E-state index contributed by atoms with van der Waals surface area (Å²) in [6, 6.07) is 5.15. The van der Waals surface area contributed by atoms with Crippen LogP contribution in [0, 0.1) is 5.92 Å². The Kier molecular flexibility index (Phi) is 3.42. The third-order valence-corrected chi connectivity index (χ3v) is 3.08. The smallest absolute Gasteiger partial charge is 0.303 e. The number of amides is 1. The first-order valence-electron chi connectivity index (χ1n) is 5.20. The number of carboxylic acid groups (broad SMARTS) is 1. The van der Waals surface area contributed by atoms with Crippen molar-refractivity contribution in [2.75, 3.05) is 13.1 Å². The number of carboxylic acids is 1. The molecular weight excluding hydrogens is 288 g/mol. The molecule has 2 heterocycles. The van der Waals surface area contributed by atoms with Crippen LogP contribution in [-0.2, 0) is 4.79 Å². The Labute approximate surface area is 107 Å². The standard InChI is InChI=1S/C11H11BrN2O3/c12-9-3-1-2-8(13-9)11(17)14-5-7(6-14)4-10(15)16/h1-3,7H,4-6H2,(H,15,16). The van der Waals surface area contributed by atoms with Crippen molar-refractivity contribution in [2.45, 2.75) is 6.42 Å². The topological polar surface area (TPSA) is 70.5 Å². The van der Waals surface area contributed by atoms with Gasteiger partial charge in [-0.05, 0) is 28.1 Å². The minimum atomic E-state index is -0.817. The molecule has 1 amide bonds. The summed E-state index contributed by atoms with van der Waals surface area (Å²) in [7, 11) is 0.